The molecule has 3 aromatic heterocycles. The molecule has 6 rings (SSSR count). The van der Waals surface area contributed by atoms with Crippen LogP contribution in [0.15, 0.2) is 31.0 Å². The molecule has 9 atom stereocenters. The van der Waals surface area contributed by atoms with Crippen molar-refractivity contribution >= 4 is 60.0 Å². The van der Waals surface area contributed by atoms with Gasteiger partial charge in [0.15, 0.2) is 30.0 Å². The third-order valence-electron chi connectivity index (χ3n) is 7.60. The molecule has 1 aliphatic carbocycles. The van der Waals surface area contributed by atoms with Crippen LogP contribution in [0, 0.1) is 11.8 Å². The number of nitrogens with zero attached hydrogens (tertiary/aromatic N) is 5. The first-order valence-corrected chi connectivity index (χ1v) is 17.8. The number of halogens is 1. The van der Waals surface area contributed by atoms with E-state index in [1.165, 1.54) is 23.4 Å². The van der Waals surface area contributed by atoms with Crippen LogP contribution in [0.1, 0.15) is 34.6 Å². The molecular formula is C22H25FN7O8P2S2+. The number of amides is 1. The fraction of sp³-hybridized carbons (Fsp3) is 0.500. The standard InChI is InChI=1S/C22H24FN7O8P2S2/c23-16-18-15(37-22(16)30-9-29-17-19(24)27-8-28-21(17)30)7-36-40(33,42-41)35-6-13-11(5-34-39(32)38-18)3-12(13)10-1-2-26-14(4-10)20(25)31/h1-2,4,8-9,11-13,15-16,18,22H,3,5-7H2,(H4-,24,25,27,28,31,41)/p+1/t11-,12+,13-,15-,16-,18-,22-,40?/m1/s1. The van der Waals surface area contributed by atoms with E-state index in [4.69, 9.17) is 34.3 Å². The van der Waals surface area contributed by atoms with Crippen molar-refractivity contribution in [2.45, 2.75) is 36.9 Å². The van der Waals surface area contributed by atoms with E-state index in [1.807, 2.05) is 0 Å². The lowest BCUT2D eigenvalue weighted by Gasteiger charge is -2.44. The number of thiol groups is 1. The number of ether oxygens (including phenoxy) is 1. The fourth-order valence-corrected chi connectivity index (χ4v) is 8.57. The van der Waals surface area contributed by atoms with Gasteiger partial charge in [-0.15, -0.1) is 9.05 Å². The Morgan fingerprint density at radius 1 is 1.21 bits per heavy atom. The van der Waals surface area contributed by atoms with Gasteiger partial charge in [0, 0.05) is 21.2 Å². The van der Waals surface area contributed by atoms with E-state index in [0.29, 0.717) is 16.8 Å². The summed E-state index contributed by atoms with van der Waals surface area (Å²) in [4.78, 5) is 27.7. The Balaban J connectivity index is 1.23. The van der Waals surface area contributed by atoms with Crippen LogP contribution in [-0.4, -0.2) is 68.6 Å². The van der Waals surface area contributed by atoms with Crippen LogP contribution in [0.4, 0.5) is 10.2 Å². The number of imidazole rings is 1. The number of primary amides is 1. The van der Waals surface area contributed by atoms with Gasteiger partial charge < -0.3 is 16.2 Å². The van der Waals surface area contributed by atoms with Crippen molar-refractivity contribution in [3.05, 3.63) is 42.2 Å². The van der Waals surface area contributed by atoms with Gasteiger partial charge in [-0.25, -0.2) is 23.9 Å². The number of fused-ring (bicyclic) bond motifs is 3. The van der Waals surface area contributed by atoms with Crippen LogP contribution >= 0.6 is 37.1 Å². The number of nitrogens with two attached hydrogens (primary N) is 2. The van der Waals surface area contributed by atoms with E-state index in [-0.39, 0.29) is 53.6 Å². The molecule has 3 aromatic rings. The maximum atomic E-state index is 15.9. The van der Waals surface area contributed by atoms with E-state index in [2.05, 4.69) is 31.6 Å². The van der Waals surface area contributed by atoms with Gasteiger partial charge in [0.05, 0.1) is 19.5 Å². The first kappa shape index (κ1) is 29.8. The van der Waals surface area contributed by atoms with Gasteiger partial charge in [-0.2, -0.15) is 0 Å². The summed E-state index contributed by atoms with van der Waals surface area (Å²) < 4.78 is 71.9. The Kier molecular flexibility index (Phi) is 8.52. The van der Waals surface area contributed by atoms with Crippen molar-refractivity contribution in [3.8, 4) is 0 Å². The van der Waals surface area contributed by atoms with Crippen LogP contribution in [0.2, 0.25) is 0 Å². The van der Waals surface area contributed by atoms with Crippen LogP contribution in [0.25, 0.3) is 11.2 Å². The van der Waals surface area contributed by atoms with E-state index in [9.17, 15) is 13.9 Å². The van der Waals surface area contributed by atoms with Crippen LogP contribution in [0.3, 0.4) is 0 Å². The monoisotopic (exact) mass is 660 g/mol. The maximum absolute atomic E-state index is 15.9. The molecule has 3 fully saturated rings. The zero-order valence-corrected chi connectivity index (χ0v) is 25.0. The first-order chi connectivity index (χ1) is 20.2. The predicted molar refractivity (Wildman–Crippen MR) is 150 cm³/mol. The molecule has 1 amide bonds. The smallest absolute Gasteiger partial charge is 0.382 e. The molecular weight excluding hydrogens is 635 g/mol. The second-order valence-corrected chi connectivity index (χ2v) is 15.7. The summed E-state index contributed by atoms with van der Waals surface area (Å²) in [5.74, 6) is -1.13. The van der Waals surface area contributed by atoms with Crippen molar-refractivity contribution in [2.24, 2.45) is 17.6 Å². The number of hydrogen-bond donors (Lipinski definition) is 3. The molecule has 4 N–H and O–H groups in total. The SMILES string of the molecule is NC(=O)c1cc([C@@H]2C[C@@H]3CO[P+](=O)O[C@H]4[C@@H](F)[C@H](n5cnc6c(N)ncnc65)O[C@@H]4COP(=O)(SS)OC[C@H]32)ccn1. The molecule has 20 heteroatoms. The predicted octanol–water partition coefficient (Wildman–Crippen LogP) is 3.35. The number of anilines is 1. The van der Waals surface area contributed by atoms with Crippen LogP contribution in [-0.2, 0) is 32.0 Å². The van der Waals surface area contributed by atoms with Crippen LogP contribution in [0.5, 0.6) is 0 Å². The number of aromatic nitrogens is 5. The number of hydrogen-bond acceptors (Lipinski definition) is 15. The Bertz CT molecular complexity index is 1570. The number of rotatable bonds is 4. The lowest BCUT2D eigenvalue weighted by Crippen LogP contribution is -2.40. The number of alkyl halides is 1. The van der Waals surface area contributed by atoms with Gasteiger partial charge in [0.1, 0.15) is 30.2 Å². The van der Waals surface area contributed by atoms with Gasteiger partial charge in [0.2, 0.25) is 0 Å². The highest BCUT2D eigenvalue weighted by Gasteiger charge is 2.54. The molecule has 2 aliphatic heterocycles. The molecule has 0 aromatic carbocycles. The highest BCUT2D eigenvalue weighted by Crippen LogP contribution is 2.64. The molecule has 2 unspecified atom stereocenters. The van der Waals surface area contributed by atoms with Gasteiger partial charge >= 0.3 is 15.1 Å². The summed E-state index contributed by atoms with van der Waals surface area (Å²) in [5.41, 5.74) is 12.6. The van der Waals surface area contributed by atoms with E-state index >= 15 is 4.39 Å². The van der Waals surface area contributed by atoms with Crippen molar-refractivity contribution < 1.29 is 41.1 Å². The highest BCUT2D eigenvalue weighted by atomic mass is 33.3. The molecule has 0 spiro atoms. The minimum atomic E-state index is -3.88. The Morgan fingerprint density at radius 2 is 2.02 bits per heavy atom. The van der Waals surface area contributed by atoms with Crippen molar-refractivity contribution in [1.29, 1.82) is 0 Å². The molecule has 1 saturated carbocycles. The Hall–Kier alpha value is -2.27. The highest BCUT2D eigenvalue weighted by molar-refractivity contribution is 8.93. The topological polar surface area (TPSA) is 206 Å². The van der Waals surface area contributed by atoms with Gasteiger partial charge in [0.25, 0.3) is 5.91 Å². The second kappa shape index (κ2) is 12.0. The summed E-state index contributed by atoms with van der Waals surface area (Å²) in [6, 6.07) is 3.35. The zero-order chi connectivity index (χ0) is 29.6. The molecule has 224 valence electrons. The summed E-state index contributed by atoms with van der Waals surface area (Å²) in [7, 11) is -2.21. The lowest BCUT2D eigenvalue weighted by atomic mass is 9.63. The molecule has 0 radical (unpaired) electrons. The summed E-state index contributed by atoms with van der Waals surface area (Å²) >= 11 is 4.10. The quantitative estimate of drug-likeness (QED) is 0.209. The number of nitrogen functional groups attached to an aromatic ring is 1. The molecule has 5 heterocycles. The Labute approximate surface area is 247 Å². The summed E-state index contributed by atoms with van der Waals surface area (Å²) in [6.45, 7) is -4.35. The zero-order valence-electron chi connectivity index (χ0n) is 21.5. The van der Waals surface area contributed by atoms with Crippen molar-refractivity contribution in [2.75, 3.05) is 25.6 Å². The third-order valence-corrected chi connectivity index (χ3v) is 12.5. The Morgan fingerprint density at radius 3 is 2.81 bits per heavy atom. The van der Waals surface area contributed by atoms with Gasteiger partial charge in [-0.05, 0) is 41.9 Å². The summed E-state index contributed by atoms with van der Waals surface area (Å²) in [6.07, 6.45) is -1.24. The van der Waals surface area contributed by atoms with E-state index < -0.39 is 52.2 Å². The number of carbonyl (C=O) groups excluding carboxylic acids is 1. The molecule has 0 bridgehead atoms. The van der Waals surface area contributed by atoms with Crippen molar-refractivity contribution in [1.82, 2.24) is 24.5 Å². The van der Waals surface area contributed by atoms with E-state index in [1.54, 1.807) is 12.1 Å². The minimum absolute atomic E-state index is 0.00630. The number of pyridine rings is 1. The molecule has 3 aliphatic rings. The number of carbonyl (C=O) groups is 1. The maximum Gasteiger partial charge on any atom is 0.697 e. The second-order valence-electron chi connectivity index (χ2n) is 9.91. The lowest BCUT2D eigenvalue weighted by molar-refractivity contribution is -0.0406. The average molecular weight is 661 g/mol. The third kappa shape index (κ3) is 5.67. The summed E-state index contributed by atoms with van der Waals surface area (Å²) in [5, 5.41) is 0. The molecule has 15 nitrogen and oxygen atoms in total. The van der Waals surface area contributed by atoms with Crippen molar-refractivity contribution in [3.63, 3.8) is 0 Å². The fourth-order valence-electron chi connectivity index (χ4n) is 5.40. The minimum Gasteiger partial charge on any atom is -0.382 e. The largest absolute Gasteiger partial charge is 0.697 e. The molecule has 2 saturated heterocycles. The normalized spacial score (nSPS) is 34.8. The van der Waals surface area contributed by atoms with Crippen LogP contribution < -0.4 is 11.5 Å². The van der Waals surface area contributed by atoms with Gasteiger partial charge in [-0.1, -0.05) is 11.7 Å². The average Bonchev–Trinajstić information content (AvgIpc) is 3.53. The first-order valence-electron chi connectivity index (χ1n) is 12.6. The van der Waals surface area contributed by atoms with Gasteiger partial charge in [-0.3, -0.25) is 23.4 Å². The molecule has 42 heavy (non-hydrogen) atoms. The van der Waals surface area contributed by atoms with E-state index in [0.717, 1.165) is 5.56 Å².